The first-order valence-corrected chi connectivity index (χ1v) is 8.33. The Hall–Kier alpha value is 0.821. The molecule has 0 saturated carbocycles. The van der Waals surface area contributed by atoms with Crippen molar-refractivity contribution in [2.24, 2.45) is 0 Å². The van der Waals surface area contributed by atoms with Crippen LogP contribution in [-0.4, -0.2) is 14.1 Å². The van der Waals surface area contributed by atoms with Crippen molar-refractivity contribution in [1.29, 1.82) is 0 Å². The number of allylic oxidation sites excluding steroid dienone is 4. The number of hydrogen-bond acceptors (Lipinski definition) is 0. The fourth-order valence-electron chi connectivity index (χ4n) is 0.920. The fraction of sp³-hybridized carbons (Fsp3) is 0.636. The summed E-state index contributed by atoms with van der Waals surface area (Å²) in [6.07, 6.45) is 8.82. The molecule has 0 bridgehead atoms. The molecule has 0 unspecified atom stereocenters. The van der Waals surface area contributed by atoms with Crippen LogP contribution in [0.1, 0.15) is 20.3 Å². The molecular formula is C11H23Cl2NSiV. The van der Waals surface area contributed by atoms with Gasteiger partial charge in [0.2, 0.25) is 0 Å². The predicted molar refractivity (Wildman–Crippen MR) is 77.8 cm³/mol. The third kappa shape index (κ3) is 14.8. The van der Waals surface area contributed by atoms with Crippen molar-refractivity contribution in [2.45, 2.75) is 46.0 Å². The van der Waals surface area contributed by atoms with Gasteiger partial charge in [-0.25, -0.2) is 11.3 Å². The number of halogens is 2. The Balaban J connectivity index is -0.0000000921. The minimum Gasteiger partial charge on any atom is -0.675 e. The number of nitrogens with one attached hydrogen (secondary N) is 1. The molecular weight excluding hydrogens is 296 g/mol. The molecule has 1 aliphatic carbocycles. The van der Waals surface area contributed by atoms with Gasteiger partial charge in [-0.05, 0) is 0 Å². The Morgan fingerprint density at radius 3 is 1.75 bits per heavy atom. The first-order chi connectivity index (χ1) is 5.84. The number of hydrogen-bond donors (Lipinski definition) is 0. The van der Waals surface area contributed by atoms with Crippen molar-refractivity contribution in [2.75, 3.05) is 0 Å². The summed E-state index contributed by atoms with van der Waals surface area (Å²) in [5.41, 5.74) is 6.58. The van der Waals surface area contributed by atoms with E-state index in [4.69, 9.17) is 5.73 Å². The van der Waals surface area contributed by atoms with Crippen LogP contribution in [0.4, 0.5) is 0 Å². The molecule has 0 spiro atoms. The van der Waals surface area contributed by atoms with Crippen LogP contribution >= 0.6 is 24.8 Å². The van der Waals surface area contributed by atoms with Crippen LogP contribution in [0.2, 0.25) is 19.6 Å². The van der Waals surface area contributed by atoms with E-state index in [0.29, 0.717) is 0 Å². The second kappa shape index (κ2) is 12.3. The summed E-state index contributed by atoms with van der Waals surface area (Å²) < 4.78 is 0. The van der Waals surface area contributed by atoms with Gasteiger partial charge in [0.05, 0.1) is 0 Å². The Kier molecular flexibility index (Phi) is 19.7. The molecule has 16 heavy (non-hydrogen) atoms. The molecule has 0 heterocycles. The van der Waals surface area contributed by atoms with Gasteiger partial charge in [-0.1, -0.05) is 33.5 Å². The standard InChI is InChI=1S/C8H13Si.C3H8N.2ClH.V/c1-9(2,3)8-6-4-5-7-8;1-3(2)4;;;/h4,6H,5H2,1-3H3;3-4H,1-2H3;2*1H;/q2*-1;;;+2. The molecule has 5 heteroatoms. The molecule has 0 aromatic heterocycles. The van der Waals surface area contributed by atoms with E-state index >= 15 is 0 Å². The third-order valence-corrected chi connectivity index (χ3v) is 3.46. The molecule has 0 aromatic rings. The van der Waals surface area contributed by atoms with E-state index in [2.05, 4.69) is 37.9 Å². The summed E-state index contributed by atoms with van der Waals surface area (Å²) in [4.78, 5) is 0. The maximum atomic E-state index is 6.58. The van der Waals surface area contributed by atoms with Gasteiger partial charge in [-0.2, -0.15) is 6.08 Å². The van der Waals surface area contributed by atoms with Crippen molar-refractivity contribution >= 4 is 32.9 Å². The second-order valence-corrected chi connectivity index (χ2v) is 9.64. The monoisotopic (exact) mass is 318 g/mol. The minimum atomic E-state index is -1.01. The number of rotatable bonds is 1. The summed E-state index contributed by atoms with van der Waals surface area (Å²) in [6, 6.07) is 0.0833. The van der Waals surface area contributed by atoms with Crippen molar-refractivity contribution in [1.82, 2.24) is 0 Å². The van der Waals surface area contributed by atoms with Gasteiger partial charge in [-0.15, -0.1) is 37.3 Å². The van der Waals surface area contributed by atoms with Gasteiger partial charge in [0.15, 0.2) is 0 Å². The van der Waals surface area contributed by atoms with Crippen LogP contribution in [0.3, 0.4) is 0 Å². The van der Waals surface area contributed by atoms with E-state index in [1.807, 2.05) is 13.8 Å². The fourth-order valence-corrected chi connectivity index (χ4v) is 2.17. The third-order valence-electron chi connectivity index (χ3n) is 1.50. The Morgan fingerprint density at radius 2 is 1.62 bits per heavy atom. The van der Waals surface area contributed by atoms with Crippen molar-refractivity contribution < 1.29 is 18.6 Å². The molecule has 1 rings (SSSR count). The molecule has 0 aliphatic heterocycles. The van der Waals surface area contributed by atoms with Gasteiger partial charge in [-0.3, -0.25) is 6.08 Å². The largest absolute Gasteiger partial charge is 2.00 e. The zero-order valence-corrected chi connectivity index (χ0v) is 14.7. The molecule has 0 fully saturated rings. The molecule has 95 valence electrons. The van der Waals surface area contributed by atoms with Gasteiger partial charge in [0, 0.05) is 8.07 Å². The van der Waals surface area contributed by atoms with Crippen LogP contribution in [0, 0.1) is 6.08 Å². The zero-order chi connectivity index (χ0) is 10.5. The second-order valence-electron chi connectivity index (χ2n) is 4.60. The van der Waals surface area contributed by atoms with E-state index in [0.717, 1.165) is 6.42 Å². The molecule has 0 amide bonds. The summed E-state index contributed by atoms with van der Waals surface area (Å²) in [7, 11) is -1.01. The van der Waals surface area contributed by atoms with Crippen LogP contribution in [-0.2, 0) is 18.6 Å². The normalized spacial score (nSPS) is 12.6. The molecule has 1 aliphatic rings. The van der Waals surface area contributed by atoms with E-state index in [1.54, 1.807) is 0 Å². The Morgan fingerprint density at radius 1 is 1.25 bits per heavy atom. The average Bonchev–Trinajstić information content (AvgIpc) is 2.31. The maximum Gasteiger partial charge on any atom is 2.00 e. The molecule has 1 nitrogen and oxygen atoms in total. The minimum absolute atomic E-state index is 0. The Labute approximate surface area is 126 Å². The maximum absolute atomic E-state index is 6.58. The van der Waals surface area contributed by atoms with Crippen LogP contribution in [0.15, 0.2) is 17.3 Å². The first kappa shape index (κ1) is 25.6. The van der Waals surface area contributed by atoms with E-state index in [9.17, 15) is 0 Å². The van der Waals surface area contributed by atoms with Crippen LogP contribution in [0.5, 0.6) is 0 Å². The smallest absolute Gasteiger partial charge is 0.675 e. The predicted octanol–water partition coefficient (Wildman–Crippen LogP) is 4.84. The quantitative estimate of drug-likeness (QED) is 0.488. The SMILES string of the molecule is CC(C)[NH-].C[Si](C)(C)C1=[C-]CC=C1.Cl.Cl.[V+2]. The summed E-state index contributed by atoms with van der Waals surface area (Å²) >= 11 is 0. The molecule has 0 atom stereocenters. The van der Waals surface area contributed by atoms with Crippen LogP contribution in [0.25, 0.3) is 5.73 Å². The van der Waals surface area contributed by atoms with Gasteiger partial charge in [0.25, 0.3) is 0 Å². The molecule has 0 aromatic carbocycles. The van der Waals surface area contributed by atoms with E-state index < -0.39 is 8.07 Å². The molecule has 0 saturated heterocycles. The van der Waals surface area contributed by atoms with Gasteiger partial charge in [0.1, 0.15) is 0 Å². The zero-order valence-electron chi connectivity index (χ0n) is 10.7. The summed E-state index contributed by atoms with van der Waals surface area (Å²) in [5, 5.41) is 1.49. The molecule has 1 radical (unpaired) electrons. The van der Waals surface area contributed by atoms with Crippen LogP contribution < -0.4 is 0 Å². The van der Waals surface area contributed by atoms with E-state index in [-0.39, 0.29) is 49.4 Å². The van der Waals surface area contributed by atoms with Gasteiger partial charge >= 0.3 is 18.6 Å². The Bertz CT molecular complexity index is 208. The average molecular weight is 319 g/mol. The van der Waals surface area contributed by atoms with Crippen molar-refractivity contribution in [3.8, 4) is 0 Å². The molecule has 1 N–H and O–H groups in total. The van der Waals surface area contributed by atoms with Crippen molar-refractivity contribution in [3.63, 3.8) is 0 Å². The summed E-state index contributed by atoms with van der Waals surface area (Å²) in [6.45, 7) is 10.7. The van der Waals surface area contributed by atoms with Crippen molar-refractivity contribution in [3.05, 3.63) is 29.2 Å². The topological polar surface area (TPSA) is 23.8 Å². The summed E-state index contributed by atoms with van der Waals surface area (Å²) in [5.74, 6) is 0. The first-order valence-electron chi connectivity index (χ1n) is 4.83. The van der Waals surface area contributed by atoms with E-state index in [1.165, 1.54) is 5.20 Å². The van der Waals surface area contributed by atoms with Gasteiger partial charge < -0.3 is 5.73 Å².